The van der Waals surface area contributed by atoms with Crippen molar-refractivity contribution >= 4 is 53.1 Å². The van der Waals surface area contributed by atoms with Crippen molar-refractivity contribution in [3.05, 3.63) is 34.9 Å². The zero-order valence-corrected chi connectivity index (χ0v) is 16.5. The van der Waals surface area contributed by atoms with Crippen LogP contribution < -0.4 is 4.90 Å². The van der Waals surface area contributed by atoms with Gasteiger partial charge in [0.05, 0.1) is 5.70 Å². The summed E-state index contributed by atoms with van der Waals surface area (Å²) >= 11 is 1.27. The van der Waals surface area contributed by atoms with Gasteiger partial charge < -0.3 is 15.0 Å². The summed E-state index contributed by atoms with van der Waals surface area (Å²) in [4.78, 5) is 25.8. The first-order chi connectivity index (χ1) is 12.2. The number of carboxylic acid groups (broad SMARTS) is 1. The number of nitrogens with one attached hydrogen (secondary N) is 1. The van der Waals surface area contributed by atoms with Crippen LogP contribution in [-0.4, -0.2) is 48.0 Å². The summed E-state index contributed by atoms with van der Waals surface area (Å²) < 4.78 is -0.969. The van der Waals surface area contributed by atoms with Gasteiger partial charge in [-0.2, -0.15) is 0 Å². The van der Waals surface area contributed by atoms with E-state index in [1.165, 1.54) is 18.1 Å². The number of hydrogen-bond acceptors (Lipinski definition) is 4. The molecule has 0 bridgehead atoms. The van der Waals surface area contributed by atoms with Gasteiger partial charge in [0.25, 0.3) is 0 Å². The highest BCUT2D eigenvalue weighted by atomic mass is 32.2. The number of carbonyl (C=O) groups is 1. The molecule has 2 rings (SSSR count). The van der Waals surface area contributed by atoms with Crippen molar-refractivity contribution < 1.29 is 9.90 Å². The number of rotatable bonds is 7. The molecule has 0 atom stereocenters. The summed E-state index contributed by atoms with van der Waals surface area (Å²) in [5.41, 5.74) is 3.61. The molecule has 0 unspecified atom stereocenters. The number of benzene rings is 1. The minimum Gasteiger partial charge on any atom is -0.480 e. The number of nitrogens with zero attached hydrogens (tertiary/aromatic N) is 3. The van der Waals surface area contributed by atoms with Gasteiger partial charge in [0.15, 0.2) is 0 Å². The Balaban J connectivity index is 2.71. The highest BCUT2D eigenvalue weighted by Crippen LogP contribution is 2.39. The lowest BCUT2D eigenvalue weighted by molar-refractivity contribution is -0.138. The summed E-state index contributed by atoms with van der Waals surface area (Å²) in [7, 11) is 3.95. The van der Waals surface area contributed by atoms with Crippen LogP contribution in [0.3, 0.4) is 0 Å². The topological polar surface area (TPSA) is 81.0 Å². The molecule has 138 valence electrons. The Morgan fingerprint density at radius 3 is 2.65 bits per heavy atom. The first kappa shape index (κ1) is 19.8. The van der Waals surface area contributed by atoms with Gasteiger partial charge in [-0.25, -0.2) is 4.99 Å². The highest BCUT2D eigenvalue weighted by Gasteiger charge is 2.29. The molecule has 0 saturated heterocycles. The SMILES string of the molecule is C=N/C=N\C(=C(/C)SC(C)(C)C(=O)O)c1cc(N(C)C)cc2[nH]ccc12. The third-order valence-electron chi connectivity index (χ3n) is 3.95. The van der Waals surface area contributed by atoms with Crippen LogP contribution in [0, 0.1) is 0 Å². The van der Waals surface area contributed by atoms with E-state index in [2.05, 4.69) is 27.8 Å². The standard InChI is InChI=1S/C19H24N4O2S/c1-12(26-19(2,3)18(24)25)17(22-11-20-4)15-9-13(23(5)6)10-16-14(15)7-8-21-16/h7-11,21H,4H2,1-3,5-6H3,(H,24,25)/b17-12+,22-11-. The first-order valence-corrected chi connectivity index (χ1v) is 8.89. The molecule has 7 heteroatoms. The molecule has 0 aliphatic carbocycles. The number of carboxylic acids is 1. The quantitative estimate of drug-likeness (QED) is 0.562. The van der Waals surface area contributed by atoms with E-state index in [9.17, 15) is 9.90 Å². The lowest BCUT2D eigenvalue weighted by Gasteiger charge is -2.21. The number of thioether (sulfide) groups is 1. The molecule has 1 aromatic carbocycles. The zero-order valence-electron chi connectivity index (χ0n) is 15.7. The molecule has 2 aromatic rings. The largest absolute Gasteiger partial charge is 0.480 e. The summed E-state index contributed by atoms with van der Waals surface area (Å²) in [5, 5.41) is 10.5. The van der Waals surface area contributed by atoms with Crippen molar-refractivity contribution in [2.45, 2.75) is 25.5 Å². The number of anilines is 1. The fourth-order valence-corrected chi connectivity index (χ4v) is 3.64. The Morgan fingerprint density at radius 1 is 1.38 bits per heavy atom. The van der Waals surface area contributed by atoms with E-state index in [1.807, 2.05) is 44.2 Å². The predicted octanol–water partition coefficient (Wildman–Crippen LogP) is 4.25. The summed E-state index contributed by atoms with van der Waals surface area (Å²) in [6, 6.07) is 6.10. The lowest BCUT2D eigenvalue weighted by Crippen LogP contribution is -2.27. The Labute approximate surface area is 157 Å². The fourth-order valence-electron chi connectivity index (χ4n) is 2.53. The number of aromatic nitrogens is 1. The van der Waals surface area contributed by atoms with Gasteiger partial charge in [-0.05, 0) is 45.7 Å². The van der Waals surface area contributed by atoms with Gasteiger partial charge in [-0.3, -0.25) is 9.79 Å². The molecule has 1 aromatic heterocycles. The summed E-state index contributed by atoms with van der Waals surface area (Å²) in [6.45, 7) is 8.69. The van der Waals surface area contributed by atoms with Crippen LogP contribution in [0.5, 0.6) is 0 Å². The van der Waals surface area contributed by atoms with Crippen molar-refractivity contribution in [1.82, 2.24) is 4.98 Å². The second kappa shape index (κ2) is 7.78. The molecule has 0 fully saturated rings. The molecule has 0 saturated carbocycles. The molecular formula is C19H24N4O2S. The van der Waals surface area contributed by atoms with E-state index in [4.69, 9.17) is 0 Å². The van der Waals surface area contributed by atoms with Crippen LogP contribution in [0.1, 0.15) is 26.3 Å². The smallest absolute Gasteiger partial charge is 0.319 e. The van der Waals surface area contributed by atoms with Gasteiger partial charge in [0.1, 0.15) is 11.1 Å². The zero-order chi connectivity index (χ0) is 19.5. The molecule has 0 amide bonds. The number of aliphatic imine (C=N–C) groups is 2. The maximum atomic E-state index is 11.5. The molecule has 1 heterocycles. The molecule has 0 radical (unpaired) electrons. The average Bonchev–Trinajstić information content (AvgIpc) is 3.02. The molecule has 2 N–H and O–H groups in total. The van der Waals surface area contributed by atoms with Crippen molar-refractivity contribution in [1.29, 1.82) is 0 Å². The van der Waals surface area contributed by atoms with Crippen LogP contribution in [-0.2, 0) is 4.79 Å². The van der Waals surface area contributed by atoms with Crippen molar-refractivity contribution in [2.75, 3.05) is 19.0 Å². The minimum atomic E-state index is -0.969. The number of aliphatic carboxylic acids is 1. The Kier molecular flexibility index (Phi) is 5.92. The van der Waals surface area contributed by atoms with Crippen LogP contribution in [0.2, 0.25) is 0 Å². The maximum Gasteiger partial charge on any atom is 0.319 e. The van der Waals surface area contributed by atoms with Gasteiger partial charge in [-0.15, -0.1) is 11.8 Å². The van der Waals surface area contributed by atoms with Crippen molar-refractivity contribution in [3.63, 3.8) is 0 Å². The van der Waals surface area contributed by atoms with E-state index in [-0.39, 0.29) is 0 Å². The van der Waals surface area contributed by atoms with Crippen molar-refractivity contribution in [3.8, 4) is 0 Å². The van der Waals surface area contributed by atoms with Gasteiger partial charge in [-0.1, -0.05) is 0 Å². The van der Waals surface area contributed by atoms with E-state index < -0.39 is 10.7 Å². The van der Waals surface area contributed by atoms with E-state index in [1.54, 1.807) is 13.8 Å². The predicted molar refractivity (Wildman–Crippen MR) is 113 cm³/mol. The number of allylic oxidation sites excluding steroid dienone is 1. The second-order valence-corrected chi connectivity index (χ2v) is 8.41. The molecule has 0 spiro atoms. The minimum absolute atomic E-state index is 0.685. The summed E-state index contributed by atoms with van der Waals surface area (Å²) in [5.74, 6) is -0.874. The van der Waals surface area contributed by atoms with E-state index >= 15 is 0 Å². The molecule has 0 aliphatic heterocycles. The molecule has 6 nitrogen and oxygen atoms in total. The van der Waals surface area contributed by atoms with Crippen LogP contribution >= 0.6 is 11.8 Å². The second-order valence-electron chi connectivity index (χ2n) is 6.58. The van der Waals surface area contributed by atoms with Crippen LogP contribution in [0.4, 0.5) is 5.69 Å². The average molecular weight is 372 g/mol. The lowest BCUT2D eigenvalue weighted by atomic mass is 10.1. The number of H-pyrrole nitrogens is 1. The summed E-state index contributed by atoms with van der Waals surface area (Å²) in [6.07, 6.45) is 3.26. The van der Waals surface area contributed by atoms with Gasteiger partial charge in [0, 0.05) is 47.4 Å². The third-order valence-corrected chi connectivity index (χ3v) is 5.13. The van der Waals surface area contributed by atoms with Crippen LogP contribution in [0.25, 0.3) is 16.6 Å². The van der Waals surface area contributed by atoms with E-state index in [0.717, 1.165) is 27.1 Å². The van der Waals surface area contributed by atoms with Crippen molar-refractivity contribution in [2.24, 2.45) is 9.98 Å². The number of aromatic amines is 1. The highest BCUT2D eigenvalue weighted by molar-refractivity contribution is 8.05. The normalized spacial score (nSPS) is 13.1. The van der Waals surface area contributed by atoms with Gasteiger partial charge in [0.2, 0.25) is 0 Å². The molecule has 26 heavy (non-hydrogen) atoms. The Hall–Kier alpha value is -2.54. The van der Waals surface area contributed by atoms with Gasteiger partial charge >= 0.3 is 5.97 Å². The maximum absolute atomic E-state index is 11.5. The fraction of sp³-hybridized carbons (Fsp3) is 0.316. The third kappa shape index (κ3) is 4.16. The first-order valence-electron chi connectivity index (χ1n) is 8.08. The number of fused-ring (bicyclic) bond motifs is 1. The molecule has 0 aliphatic rings. The Bertz CT molecular complexity index is 894. The monoisotopic (exact) mass is 372 g/mol. The molecular weight excluding hydrogens is 348 g/mol. The Morgan fingerprint density at radius 2 is 2.08 bits per heavy atom. The number of hydrogen-bond donors (Lipinski definition) is 2. The van der Waals surface area contributed by atoms with E-state index in [0.29, 0.717) is 5.70 Å². The van der Waals surface area contributed by atoms with Crippen LogP contribution in [0.15, 0.2) is 39.3 Å².